The molecule has 2 aliphatic rings. The lowest BCUT2D eigenvalue weighted by atomic mass is 9.98. The van der Waals surface area contributed by atoms with Crippen LogP contribution in [0.5, 0.6) is 0 Å². The fourth-order valence-corrected chi connectivity index (χ4v) is 3.87. The number of anilines is 1. The van der Waals surface area contributed by atoms with Crippen molar-refractivity contribution in [3.05, 3.63) is 28.2 Å². The Morgan fingerprint density at radius 3 is 2.90 bits per heavy atom. The van der Waals surface area contributed by atoms with Gasteiger partial charge in [-0.05, 0) is 37.6 Å². The lowest BCUT2D eigenvalue weighted by molar-refractivity contribution is 0.133. The smallest absolute Gasteiger partial charge is 0.106 e. The van der Waals surface area contributed by atoms with Gasteiger partial charge in [0.25, 0.3) is 0 Å². The van der Waals surface area contributed by atoms with E-state index < -0.39 is 0 Å². The summed E-state index contributed by atoms with van der Waals surface area (Å²) in [6, 6.07) is 6.87. The normalized spacial score (nSPS) is 23.4. The Hall–Kier alpha value is -0.650. The fraction of sp³-hybridized carbons (Fsp3) is 0.533. The minimum atomic E-state index is 0.485. The van der Waals surface area contributed by atoms with E-state index in [1.807, 2.05) is 12.1 Å². The van der Waals surface area contributed by atoms with E-state index >= 15 is 0 Å². The lowest BCUT2D eigenvalue weighted by Gasteiger charge is -2.45. The first kappa shape index (κ1) is 14.3. The highest BCUT2D eigenvalue weighted by Gasteiger charge is 2.29. The Balaban J connectivity index is 1.85. The summed E-state index contributed by atoms with van der Waals surface area (Å²) in [5.41, 5.74) is 8.05. The Kier molecular flexibility index (Phi) is 4.29. The Labute approximate surface area is 134 Å². The van der Waals surface area contributed by atoms with Crippen LogP contribution in [0.15, 0.2) is 22.7 Å². The van der Waals surface area contributed by atoms with E-state index in [0.717, 1.165) is 29.7 Å². The van der Waals surface area contributed by atoms with Crippen molar-refractivity contribution in [1.29, 1.82) is 0 Å². The Morgan fingerprint density at radius 2 is 2.10 bits per heavy atom. The molecule has 5 heteroatoms. The Bertz CT molecular complexity index is 520. The highest BCUT2D eigenvalue weighted by atomic mass is 79.9. The number of nitrogens with two attached hydrogens (primary N) is 1. The zero-order valence-corrected chi connectivity index (χ0v) is 13.9. The molecule has 0 radical (unpaired) electrons. The van der Waals surface area contributed by atoms with Crippen LogP contribution in [-0.2, 0) is 0 Å². The molecule has 108 valence electrons. The molecule has 0 aromatic heterocycles. The second kappa shape index (κ2) is 6.00. The summed E-state index contributed by atoms with van der Waals surface area (Å²) in [5, 5.41) is 0. The second-order valence-corrected chi connectivity index (χ2v) is 7.01. The maximum Gasteiger partial charge on any atom is 0.106 e. The van der Waals surface area contributed by atoms with E-state index in [-0.39, 0.29) is 0 Å². The topological polar surface area (TPSA) is 32.5 Å². The summed E-state index contributed by atoms with van der Waals surface area (Å²) in [7, 11) is 0. The third-order valence-electron chi connectivity index (χ3n) is 4.40. The van der Waals surface area contributed by atoms with Gasteiger partial charge in [-0.3, -0.25) is 4.90 Å². The van der Waals surface area contributed by atoms with Crippen LogP contribution < -0.4 is 10.6 Å². The van der Waals surface area contributed by atoms with Crippen LogP contribution in [0.1, 0.15) is 24.8 Å². The highest BCUT2D eigenvalue weighted by molar-refractivity contribution is 9.10. The van der Waals surface area contributed by atoms with Gasteiger partial charge in [-0.25, -0.2) is 0 Å². The first-order chi connectivity index (χ1) is 9.65. The third-order valence-corrected chi connectivity index (χ3v) is 5.12. The van der Waals surface area contributed by atoms with Crippen molar-refractivity contribution >= 4 is 38.8 Å². The summed E-state index contributed by atoms with van der Waals surface area (Å²) in [6.07, 6.45) is 4.02. The van der Waals surface area contributed by atoms with Gasteiger partial charge in [0.1, 0.15) is 4.99 Å². The van der Waals surface area contributed by atoms with Crippen LogP contribution >= 0.6 is 28.1 Å². The number of fused-ring (bicyclic) bond motifs is 1. The molecule has 20 heavy (non-hydrogen) atoms. The zero-order valence-electron chi connectivity index (χ0n) is 11.5. The molecular weight excluding hydrogens is 334 g/mol. The summed E-state index contributed by atoms with van der Waals surface area (Å²) in [6.45, 7) is 4.56. The van der Waals surface area contributed by atoms with Gasteiger partial charge in [0.15, 0.2) is 0 Å². The molecular formula is C15H20BrN3S. The predicted octanol–water partition coefficient (Wildman–Crippen LogP) is 2.76. The van der Waals surface area contributed by atoms with Crippen molar-refractivity contribution in [2.24, 2.45) is 5.73 Å². The lowest BCUT2D eigenvalue weighted by Crippen LogP contribution is -2.55. The van der Waals surface area contributed by atoms with Crippen LogP contribution in [0.3, 0.4) is 0 Å². The minimum absolute atomic E-state index is 0.485. The molecule has 1 aromatic carbocycles. The number of hydrogen-bond acceptors (Lipinski definition) is 3. The molecule has 2 saturated heterocycles. The van der Waals surface area contributed by atoms with Crippen molar-refractivity contribution in [2.45, 2.75) is 25.3 Å². The van der Waals surface area contributed by atoms with Gasteiger partial charge >= 0.3 is 0 Å². The number of halogens is 1. The SMILES string of the molecule is NC(=S)c1ccc(Br)cc1N1CCN2CCCCC2C1. The van der Waals surface area contributed by atoms with Crippen LogP contribution in [0.4, 0.5) is 5.69 Å². The molecule has 2 heterocycles. The van der Waals surface area contributed by atoms with E-state index in [1.54, 1.807) is 0 Å². The van der Waals surface area contributed by atoms with Gasteiger partial charge in [0.2, 0.25) is 0 Å². The van der Waals surface area contributed by atoms with Crippen molar-refractivity contribution in [3.63, 3.8) is 0 Å². The molecule has 0 amide bonds. The van der Waals surface area contributed by atoms with Gasteiger partial charge in [-0.1, -0.05) is 34.6 Å². The summed E-state index contributed by atoms with van der Waals surface area (Å²) in [5.74, 6) is 0. The summed E-state index contributed by atoms with van der Waals surface area (Å²) >= 11 is 8.76. The van der Waals surface area contributed by atoms with E-state index in [9.17, 15) is 0 Å². The van der Waals surface area contributed by atoms with Gasteiger partial charge in [0.05, 0.1) is 0 Å². The van der Waals surface area contributed by atoms with Crippen LogP contribution in [0.25, 0.3) is 0 Å². The van der Waals surface area contributed by atoms with E-state index in [2.05, 4.69) is 31.8 Å². The van der Waals surface area contributed by atoms with Crippen molar-refractivity contribution < 1.29 is 0 Å². The molecule has 0 saturated carbocycles. The number of piperidine rings is 1. The van der Waals surface area contributed by atoms with Crippen LogP contribution in [0, 0.1) is 0 Å². The number of piperazine rings is 1. The van der Waals surface area contributed by atoms with E-state index in [1.165, 1.54) is 31.5 Å². The van der Waals surface area contributed by atoms with Gasteiger partial charge in [-0.15, -0.1) is 0 Å². The number of rotatable bonds is 2. The minimum Gasteiger partial charge on any atom is -0.389 e. The first-order valence-electron chi connectivity index (χ1n) is 7.23. The quantitative estimate of drug-likeness (QED) is 0.828. The third kappa shape index (κ3) is 2.85. The molecule has 2 fully saturated rings. The molecule has 1 atom stereocenters. The maximum atomic E-state index is 5.88. The molecule has 2 aliphatic heterocycles. The Morgan fingerprint density at radius 1 is 1.25 bits per heavy atom. The average molecular weight is 354 g/mol. The fourth-order valence-electron chi connectivity index (χ4n) is 3.35. The molecule has 0 spiro atoms. The second-order valence-electron chi connectivity index (χ2n) is 5.66. The van der Waals surface area contributed by atoms with E-state index in [0.29, 0.717) is 11.0 Å². The number of nitrogens with zero attached hydrogens (tertiary/aromatic N) is 2. The average Bonchev–Trinajstić information content (AvgIpc) is 2.46. The highest BCUT2D eigenvalue weighted by Crippen LogP contribution is 2.29. The molecule has 3 nitrogen and oxygen atoms in total. The number of thiocarbonyl (C=S) groups is 1. The molecule has 0 aliphatic carbocycles. The molecule has 1 aromatic rings. The van der Waals surface area contributed by atoms with Gasteiger partial charge < -0.3 is 10.6 Å². The molecule has 3 rings (SSSR count). The van der Waals surface area contributed by atoms with Crippen LogP contribution in [-0.4, -0.2) is 42.1 Å². The predicted molar refractivity (Wildman–Crippen MR) is 91.5 cm³/mol. The first-order valence-corrected chi connectivity index (χ1v) is 8.43. The van der Waals surface area contributed by atoms with Crippen LogP contribution in [0.2, 0.25) is 0 Å². The van der Waals surface area contributed by atoms with Crippen molar-refractivity contribution in [2.75, 3.05) is 31.1 Å². The number of benzene rings is 1. The largest absolute Gasteiger partial charge is 0.389 e. The zero-order chi connectivity index (χ0) is 14.1. The standard InChI is InChI=1S/C15H20BrN3S/c16-11-4-5-13(15(17)20)14(9-11)19-8-7-18-6-2-1-3-12(18)10-19/h4-5,9,12H,1-3,6-8,10H2,(H2,17,20). The summed E-state index contributed by atoms with van der Waals surface area (Å²) in [4.78, 5) is 5.57. The number of hydrogen-bond donors (Lipinski definition) is 1. The molecule has 1 unspecified atom stereocenters. The van der Waals surface area contributed by atoms with Crippen molar-refractivity contribution in [3.8, 4) is 0 Å². The van der Waals surface area contributed by atoms with Gasteiger partial charge in [0, 0.05) is 41.4 Å². The summed E-state index contributed by atoms with van der Waals surface area (Å²) < 4.78 is 1.08. The van der Waals surface area contributed by atoms with Gasteiger partial charge in [-0.2, -0.15) is 0 Å². The molecule has 0 bridgehead atoms. The van der Waals surface area contributed by atoms with E-state index in [4.69, 9.17) is 18.0 Å². The molecule has 2 N–H and O–H groups in total. The maximum absolute atomic E-state index is 5.88. The van der Waals surface area contributed by atoms with Crippen molar-refractivity contribution in [1.82, 2.24) is 4.90 Å². The monoisotopic (exact) mass is 353 g/mol.